The van der Waals surface area contributed by atoms with Gasteiger partial charge in [-0.05, 0) is 48.2 Å². The van der Waals surface area contributed by atoms with Crippen molar-refractivity contribution >= 4 is 23.1 Å². The molecule has 0 atom stereocenters. The van der Waals surface area contributed by atoms with Crippen molar-refractivity contribution in [3.05, 3.63) is 71.2 Å². The van der Waals surface area contributed by atoms with Gasteiger partial charge >= 0.3 is 0 Å². The van der Waals surface area contributed by atoms with Crippen molar-refractivity contribution in [2.24, 2.45) is 0 Å². The number of hydrogen-bond acceptors (Lipinski definition) is 5. The summed E-state index contributed by atoms with van der Waals surface area (Å²) in [6.45, 7) is 3.69. The average Bonchev–Trinajstić information content (AvgIpc) is 3.08. The Morgan fingerprint density at radius 3 is 2.03 bits per heavy atom. The van der Waals surface area contributed by atoms with Crippen LogP contribution < -0.4 is 4.90 Å². The molecule has 2 amide bonds. The van der Waals surface area contributed by atoms with Crippen LogP contribution in [0.2, 0.25) is 0 Å². The molecule has 0 unspecified atom stereocenters. The molecule has 176 valence electrons. The highest BCUT2D eigenvalue weighted by Crippen LogP contribution is 2.35. The monoisotopic (exact) mass is 454 g/mol. The highest BCUT2D eigenvalue weighted by molar-refractivity contribution is 6.45. The Balaban J connectivity index is 2.03. The Morgan fingerprint density at radius 2 is 1.48 bits per heavy atom. The molecule has 1 aliphatic rings. The molecule has 1 aliphatic heterocycles. The second-order valence-corrected chi connectivity index (χ2v) is 7.92. The van der Waals surface area contributed by atoms with E-state index in [1.807, 2.05) is 17.0 Å². The van der Waals surface area contributed by atoms with Gasteiger partial charge in [0, 0.05) is 27.3 Å². The molecule has 0 radical (unpaired) electrons. The van der Waals surface area contributed by atoms with E-state index in [-0.39, 0.29) is 11.3 Å². The number of benzene rings is 2. The van der Waals surface area contributed by atoms with E-state index >= 15 is 0 Å². The van der Waals surface area contributed by atoms with Crippen LogP contribution in [0.4, 0.5) is 10.1 Å². The molecule has 2 aromatic rings. The van der Waals surface area contributed by atoms with Crippen LogP contribution in [0.15, 0.2) is 54.2 Å². The fraction of sp³-hybridized carbons (Fsp3) is 0.385. The smallest absolute Gasteiger partial charge is 0.282 e. The summed E-state index contributed by atoms with van der Waals surface area (Å²) in [7, 11) is 3.16. The minimum atomic E-state index is -0.428. The normalized spacial score (nSPS) is 13.9. The van der Waals surface area contributed by atoms with Crippen LogP contribution in [0.25, 0.3) is 5.57 Å². The largest absolute Gasteiger partial charge is 0.383 e. The summed E-state index contributed by atoms with van der Waals surface area (Å²) in [5, 5.41) is 0. The third-order valence-electron chi connectivity index (χ3n) is 5.65. The molecule has 1 heterocycles. The van der Waals surface area contributed by atoms with Gasteiger partial charge in [-0.1, -0.05) is 37.6 Å². The molecule has 0 saturated heterocycles. The van der Waals surface area contributed by atoms with Gasteiger partial charge in [0.1, 0.15) is 11.5 Å². The first kappa shape index (κ1) is 24.6. The SMILES string of the molecule is CCCCc1ccc(N2C(=O)C(c3ccc(F)cc3)=C(N(CCOC)CCOC)C2=O)cc1. The van der Waals surface area contributed by atoms with Gasteiger partial charge in [0.05, 0.1) is 24.5 Å². The average molecular weight is 455 g/mol. The van der Waals surface area contributed by atoms with E-state index < -0.39 is 17.6 Å². The zero-order valence-corrected chi connectivity index (χ0v) is 19.5. The first-order valence-electron chi connectivity index (χ1n) is 11.2. The third-order valence-corrected chi connectivity index (χ3v) is 5.65. The first-order chi connectivity index (χ1) is 16.0. The maximum absolute atomic E-state index is 13.6. The van der Waals surface area contributed by atoms with Crippen molar-refractivity contribution in [1.82, 2.24) is 4.90 Å². The Morgan fingerprint density at radius 1 is 0.879 bits per heavy atom. The Labute approximate surface area is 194 Å². The molecular formula is C26H31FN2O4. The number of unbranched alkanes of at least 4 members (excludes halogenated alkanes) is 1. The van der Waals surface area contributed by atoms with Crippen LogP contribution in [0.3, 0.4) is 0 Å². The number of carbonyl (C=O) groups is 2. The number of halogens is 1. The van der Waals surface area contributed by atoms with Gasteiger partial charge in [-0.2, -0.15) is 0 Å². The predicted octanol–water partition coefficient (Wildman–Crippen LogP) is 4.05. The molecule has 0 bridgehead atoms. The number of anilines is 1. The van der Waals surface area contributed by atoms with E-state index in [1.165, 1.54) is 29.2 Å². The molecule has 7 heteroatoms. The number of imide groups is 1. The lowest BCUT2D eigenvalue weighted by molar-refractivity contribution is -0.120. The van der Waals surface area contributed by atoms with Crippen LogP contribution in [0.5, 0.6) is 0 Å². The predicted molar refractivity (Wildman–Crippen MR) is 126 cm³/mol. The van der Waals surface area contributed by atoms with Crippen molar-refractivity contribution in [2.75, 3.05) is 45.4 Å². The number of ether oxygens (including phenoxy) is 2. The molecule has 33 heavy (non-hydrogen) atoms. The van der Waals surface area contributed by atoms with E-state index in [1.54, 1.807) is 26.4 Å². The Kier molecular flexibility index (Phi) is 8.74. The van der Waals surface area contributed by atoms with Crippen molar-refractivity contribution in [3.8, 4) is 0 Å². The van der Waals surface area contributed by atoms with Gasteiger partial charge < -0.3 is 14.4 Å². The molecule has 0 saturated carbocycles. The first-order valence-corrected chi connectivity index (χ1v) is 11.2. The molecule has 3 rings (SSSR count). The van der Waals surface area contributed by atoms with E-state index in [9.17, 15) is 14.0 Å². The molecule has 0 spiro atoms. The summed E-state index contributed by atoms with van der Waals surface area (Å²) in [5.74, 6) is -1.25. The minimum absolute atomic E-state index is 0.252. The van der Waals surface area contributed by atoms with Crippen LogP contribution in [0, 0.1) is 5.82 Å². The summed E-state index contributed by atoms with van der Waals surface area (Å²) in [6.07, 6.45) is 3.12. The lowest BCUT2D eigenvalue weighted by Crippen LogP contribution is -2.37. The second kappa shape index (κ2) is 11.7. The highest BCUT2D eigenvalue weighted by Gasteiger charge is 2.42. The van der Waals surface area contributed by atoms with Crippen molar-refractivity contribution in [3.63, 3.8) is 0 Å². The van der Waals surface area contributed by atoms with E-state index in [2.05, 4.69) is 6.92 Å². The van der Waals surface area contributed by atoms with E-state index in [0.717, 1.165) is 24.8 Å². The maximum Gasteiger partial charge on any atom is 0.282 e. The van der Waals surface area contributed by atoms with E-state index in [0.29, 0.717) is 37.6 Å². The number of carbonyl (C=O) groups excluding carboxylic acids is 2. The fourth-order valence-corrected chi connectivity index (χ4v) is 3.85. The van der Waals surface area contributed by atoms with Crippen LogP contribution in [0.1, 0.15) is 30.9 Å². The van der Waals surface area contributed by atoms with Crippen LogP contribution in [-0.2, 0) is 25.5 Å². The molecule has 0 aromatic heterocycles. The van der Waals surface area contributed by atoms with Crippen molar-refractivity contribution < 1.29 is 23.5 Å². The molecule has 0 fully saturated rings. The Bertz CT molecular complexity index is 978. The summed E-state index contributed by atoms with van der Waals surface area (Å²) in [6, 6.07) is 13.1. The quantitative estimate of drug-likeness (QED) is 0.453. The minimum Gasteiger partial charge on any atom is -0.383 e. The van der Waals surface area contributed by atoms with Gasteiger partial charge in [0.25, 0.3) is 11.8 Å². The van der Waals surface area contributed by atoms with Gasteiger partial charge in [-0.15, -0.1) is 0 Å². The van der Waals surface area contributed by atoms with Gasteiger partial charge in [0.2, 0.25) is 0 Å². The summed E-state index contributed by atoms with van der Waals surface area (Å²) >= 11 is 0. The summed E-state index contributed by atoms with van der Waals surface area (Å²) < 4.78 is 24.0. The standard InChI is InChI=1S/C26H31FN2O4/c1-4-5-6-19-7-13-22(14-8-19)29-25(30)23(20-9-11-21(27)12-10-20)24(26(29)31)28(15-17-32-2)16-18-33-3/h7-14H,4-6,15-18H2,1-3H3. The molecule has 0 aliphatic carbocycles. The number of methoxy groups -OCH3 is 2. The zero-order valence-electron chi connectivity index (χ0n) is 19.5. The molecule has 2 aromatic carbocycles. The number of aryl methyl sites for hydroxylation is 1. The van der Waals surface area contributed by atoms with Crippen LogP contribution in [-0.4, -0.2) is 57.2 Å². The van der Waals surface area contributed by atoms with Gasteiger partial charge in [-0.25, -0.2) is 9.29 Å². The zero-order chi connectivity index (χ0) is 23.8. The lowest BCUT2D eigenvalue weighted by atomic mass is 10.0. The van der Waals surface area contributed by atoms with E-state index in [4.69, 9.17) is 9.47 Å². The molecule has 0 N–H and O–H groups in total. The molecular weight excluding hydrogens is 423 g/mol. The maximum atomic E-state index is 13.6. The topological polar surface area (TPSA) is 59.1 Å². The van der Waals surface area contributed by atoms with Gasteiger partial charge in [0.15, 0.2) is 0 Å². The number of nitrogens with zero attached hydrogens (tertiary/aromatic N) is 2. The summed E-state index contributed by atoms with van der Waals surface area (Å²) in [4.78, 5) is 30.2. The lowest BCUT2D eigenvalue weighted by Gasteiger charge is -2.25. The third kappa shape index (κ3) is 5.67. The Hall–Kier alpha value is -3.03. The number of rotatable bonds is 12. The van der Waals surface area contributed by atoms with Gasteiger partial charge in [-0.3, -0.25) is 9.59 Å². The number of hydrogen-bond donors (Lipinski definition) is 0. The number of amides is 2. The molecule has 6 nitrogen and oxygen atoms in total. The van der Waals surface area contributed by atoms with Crippen molar-refractivity contribution in [1.29, 1.82) is 0 Å². The van der Waals surface area contributed by atoms with Crippen molar-refractivity contribution in [2.45, 2.75) is 26.2 Å². The highest BCUT2D eigenvalue weighted by atomic mass is 19.1. The fourth-order valence-electron chi connectivity index (χ4n) is 3.85. The summed E-state index contributed by atoms with van der Waals surface area (Å²) in [5.41, 5.74) is 2.69. The second-order valence-electron chi connectivity index (χ2n) is 7.92. The van der Waals surface area contributed by atoms with Crippen LogP contribution >= 0.6 is 0 Å².